The van der Waals surface area contributed by atoms with E-state index in [1.54, 1.807) is 31.1 Å². The molecule has 0 atom stereocenters. The fraction of sp³-hybridized carbons (Fsp3) is 0.350. The average molecular weight is 400 g/mol. The molecule has 1 aromatic heterocycles. The first kappa shape index (κ1) is 18.9. The summed E-state index contributed by atoms with van der Waals surface area (Å²) in [4.78, 5) is 23.6. The molecule has 8 heteroatoms. The largest absolute Gasteiger partial charge is 0.461 e. The molecule has 1 aromatic carbocycles. The monoisotopic (exact) mass is 400 g/mol. The van der Waals surface area contributed by atoms with E-state index in [4.69, 9.17) is 4.74 Å². The summed E-state index contributed by atoms with van der Waals surface area (Å²) in [6.07, 6.45) is 4.46. The van der Waals surface area contributed by atoms with Gasteiger partial charge in [0.05, 0.1) is 12.3 Å². The highest BCUT2D eigenvalue weighted by Crippen LogP contribution is 2.42. The number of carbonyl (C=O) groups excluding carboxylic acids is 1. The van der Waals surface area contributed by atoms with Crippen LogP contribution < -0.4 is 5.32 Å². The average Bonchev–Trinajstić information content (AvgIpc) is 2.72. The lowest BCUT2D eigenvalue weighted by Crippen LogP contribution is -2.31. The second-order valence-electron chi connectivity index (χ2n) is 6.68. The van der Waals surface area contributed by atoms with Gasteiger partial charge >= 0.3 is 5.97 Å². The highest BCUT2D eigenvalue weighted by atomic mass is 32.2. The Bertz CT molecular complexity index is 924. The Morgan fingerprint density at radius 1 is 1.29 bits per heavy atom. The van der Waals surface area contributed by atoms with E-state index >= 15 is 0 Å². The lowest BCUT2D eigenvalue weighted by molar-refractivity contribution is -0.140. The molecule has 2 aliphatic heterocycles. The summed E-state index contributed by atoms with van der Waals surface area (Å²) in [6.45, 7) is 4.08. The van der Waals surface area contributed by atoms with E-state index in [2.05, 4.69) is 38.4 Å². The molecule has 1 fully saturated rings. The quantitative estimate of drug-likeness (QED) is 0.523. The van der Waals surface area contributed by atoms with Crippen molar-refractivity contribution in [1.82, 2.24) is 14.9 Å². The molecule has 4 rings (SSSR count). The van der Waals surface area contributed by atoms with Gasteiger partial charge in [-0.15, -0.1) is 0 Å². The molecule has 3 heterocycles. The number of benzene rings is 1. The molecular formula is C20H21FN4O2S. The van der Waals surface area contributed by atoms with Gasteiger partial charge in [-0.2, -0.15) is 4.39 Å². The minimum Gasteiger partial charge on any atom is -0.461 e. The number of aromatic nitrogens is 2. The van der Waals surface area contributed by atoms with Crippen LogP contribution in [0.25, 0.3) is 0 Å². The fourth-order valence-electron chi connectivity index (χ4n) is 3.38. The zero-order valence-corrected chi connectivity index (χ0v) is 16.4. The first-order valence-electron chi connectivity index (χ1n) is 9.30. The summed E-state index contributed by atoms with van der Waals surface area (Å²) in [5, 5.41) is 4.22. The highest BCUT2D eigenvalue weighted by molar-refractivity contribution is 7.99. The topological polar surface area (TPSA) is 67.3 Å². The number of piperidine rings is 1. The number of fused-ring (bicyclic) bond motifs is 2. The molecular weight excluding hydrogens is 379 g/mol. The fourth-order valence-corrected chi connectivity index (χ4v) is 4.26. The second-order valence-corrected chi connectivity index (χ2v) is 7.71. The highest BCUT2D eigenvalue weighted by Gasteiger charge is 2.23. The molecule has 146 valence electrons. The van der Waals surface area contributed by atoms with E-state index < -0.39 is 11.8 Å². The van der Waals surface area contributed by atoms with Crippen molar-refractivity contribution in [3.05, 3.63) is 47.6 Å². The molecule has 0 saturated carbocycles. The SMILES string of the molecule is CCOC(=O)C(F)=C1CCN(Cc2ccc3c(c2)Nc2nccnc2S3)CC1. The van der Waals surface area contributed by atoms with Gasteiger partial charge in [0.25, 0.3) is 0 Å². The molecule has 0 amide bonds. The van der Waals surface area contributed by atoms with Gasteiger partial charge in [0.2, 0.25) is 5.83 Å². The lowest BCUT2D eigenvalue weighted by Gasteiger charge is -2.29. The maximum absolute atomic E-state index is 14.1. The molecule has 0 spiro atoms. The van der Waals surface area contributed by atoms with Crippen molar-refractivity contribution in [1.29, 1.82) is 0 Å². The number of anilines is 2. The molecule has 0 unspecified atom stereocenters. The first-order valence-corrected chi connectivity index (χ1v) is 10.1. The van der Waals surface area contributed by atoms with Gasteiger partial charge in [0.15, 0.2) is 5.82 Å². The van der Waals surface area contributed by atoms with Crippen LogP contribution in [0.3, 0.4) is 0 Å². The summed E-state index contributed by atoms with van der Waals surface area (Å²) in [5.41, 5.74) is 2.77. The molecule has 1 N–H and O–H groups in total. The van der Waals surface area contributed by atoms with E-state index in [1.165, 1.54) is 5.56 Å². The smallest absolute Gasteiger partial charge is 0.367 e. The molecule has 0 aliphatic carbocycles. The zero-order valence-electron chi connectivity index (χ0n) is 15.6. The maximum Gasteiger partial charge on any atom is 0.367 e. The van der Waals surface area contributed by atoms with E-state index in [-0.39, 0.29) is 6.61 Å². The molecule has 2 aromatic rings. The number of halogens is 1. The van der Waals surface area contributed by atoms with Crippen molar-refractivity contribution >= 4 is 29.2 Å². The van der Waals surface area contributed by atoms with Crippen LogP contribution in [0.5, 0.6) is 0 Å². The molecule has 1 saturated heterocycles. The third-order valence-electron chi connectivity index (χ3n) is 4.80. The van der Waals surface area contributed by atoms with Crippen molar-refractivity contribution in [2.75, 3.05) is 25.0 Å². The zero-order chi connectivity index (χ0) is 19.5. The third-order valence-corrected chi connectivity index (χ3v) is 5.87. The van der Waals surface area contributed by atoms with E-state index in [0.29, 0.717) is 18.4 Å². The molecule has 0 radical (unpaired) electrons. The summed E-state index contributed by atoms with van der Waals surface area (Å²) >= 11 is 1.61. The lowest BCUT2D eigenvalue weighted by atomic mass is 10.0. The summed E-state index contributed by atoms with van der Waals surface area (Å²) in [6, 6.07) is 6.33. The molecule has 6 nitrogen and oxygen atoms in total. The number of nitrogens with one attached hydrogen (secondary N) is 1. The van der Waals surface area contributed by atoms with E-state index in [9.17, 15) is 9.18 Å². The Kier molecular flexibility index (Phi) is 5.59. The van der Waals surface area contributed by atoms with Crippen molar-refractivity contribution in [2.24, 2.45) is 0 Å². The van der Waals surface area contributed by atoms with Crippen LogP contribution in [-0.2, 0) is 16.1 Å². The third kappa shape index (κ3) is 4.02. The van der Waals surface area contributed by atoms with Crippen LogP contribution >= 0.6 is 11.8 Å². The summed E-state index contributed by atoms with van der Waals surface area (Å²) in [5.74, 6) is -0.775. The predicted molar refractivity (Wildman–Crippen MR) is 105 cm³/mol. The van der Waals surface area contributed by atoms with Gasteiger partial charge in [0, 0.05) is 36.9 Å². The van der Waals surface area contributed by atoms with Crippen molar-refractivity contribution in [3.63, 3.8) is 0 Å². The number of rotatable bonds is 4. The Labute approximate surface area is 167 Å². The number of esters is 1. The van der Waals surface area contributed by atoms with Crippen LogP contribution in [0.1, 0.15) is 25.3 Å². The van der Waals surface area contributed by atoms with Gasteiger partial charge in [-0.3, -0.25) is 4.90 Å². The van der Waals surface area contributed by atoms with Crippen LogP contribution in [-0.4, -0.2) is 40.5 Å². The Hall–Kier alpha value is -2.45. The number of nitrogens with zero attached hydrogens (tertiary/aromatic N) is 3. The minimum atomic E-state index is -0.840. The minimum absolute atomic E-state index is 0.187. The number of hydrogen-bond acceptors (Lipinski definition) is 7. The van der Waals surface area contributed by atoms with Crippen molar-refractivity contribution in [2.45, 2.75) is 36.2 Å². The molecule has 2 aliphatic rings. The molecule has 28 heavy (non-hydrogen) atoms. The van der Waals surface area contributed by atoms with Crippen LogP contribution in [0, 0.1) is 0 Å². The Morgan fingerprint density at radius 2 is 2.07 bits per heavy atom. The standard InChI is InChI=1S/C20H21FN4O2S/c1-2-27-20(26)17(21)14-5-9-25(10-6-14)12-13-3-4-16-15(11-13)24-18-19(28-16)23-8-7-22-18/h3-4,7-8,11H,2,5-6,9-10,12H2,1H3,(H,22,24). The van der Waals surface area contributed by atoms with Crippen molar-refractivity contribution in [3.8, 4) is 0 Å². The van der Waals surface area contributed by atoms with E-state index in [0.717, 1.165) is 41.1 Å². The van der Waals surface area contributed by atoms with Gasteiger partial charge in [0.1, 0.15) is 5.03 Å². The van der Waals surface area contributed by atoms with Crippen LogP contribution in [0.2, 0.25) is 0 Å². The molecule has 0 bridgehead atoms. The van der Waals surface area contributed by atoms with E-state index in [1.807, 2.05) is 0 Å². The number of carbonyl (C=O) groups is 1. The number of hydrogen-bond donors (Lipinski definition) is 1. The summed E-state index contributed by atoms with van der Waals surface area (Å²) in [7, 11) is 0. The van der Waals surface area contributed by atoms with Crippen LogP contribution in [0.15, 0.2) is 51.9 Å². The Morgan fingerprint density at radius 3 is 2.86 bits per heavy atom. The number of likely N-dealkylation sites (tertiary alicyclic amines) is 1. The first-order chi connectivity index (χ1) is 13.6. The van der Waals surface area contributed by atoms with Crippen molar-refractivity contribution < 1.29 is 13.9 Å². The van der Waals surface area contributed by atoms with Gasteiger partial charge < -0.3 is 10.1 Å². The van der Waals surface area contributed by atoms with Gasteiger partial charge in [-0.1, -0.05) is 17.8 Å². The normalized spacial score (nSPS) is 16.0. The predicted octanol–water partition coefficient (Wildman–Crippen LogP) is 4.07. The number of ether oxygens (including phenoxy) is 1. The Balaban J connectivity index is 1.39. The summed E-state index contributed by atoms with van der Waals surface area (Å²) < 4.78 is 18.9. The second kappa shape index (κ2) is 8.28. The maximum atomic E-state index is 14.1. The van der Waals surface area contributed by atoms with Crippen LogP contribution in [0.4, 0.5) is 15.9 Å². The van der Waals surface area contributed by atoms with Gasteiger partial charge in [-0.05, 0) is 43.0 Å². The van der Waals surface area contributed by atoms with Gasteiger partial charge in [-0.25, -0.2) is 14.8 Å².